The van der Waals surface area contributed by atoms with E-state index in [0.29, 0.717) is 18.9 Å². The largest absolute Gasteiger partial charge is 0.480 e. The highest BCUT2D eigenvalue weighted by Gasteiger charge is 2.28. The SMILES string of the molecule is COc1nc(N2CCC(n3cccn3)C2)cc2c1c(=O)n(-c1cnc3cc(F)ccn13)c(=O)n2-c1ccc(F)c(Cl)c1. The van der Waals surface area contributed by atoms with E-state index in [2.05, 4.69) is 15.1 Å². The molecule has 11 nitrogen and oxygen atoms in total. The number of rotatable bonds is 5. The number of imidazole rings is 1. The van der Waals surface area contributed by atoms with E-state index in [1.165, 1.54) is 52.7 Å². The van der Waals surface area contributed by atoms with Crippen LogP contribution in [0.4, 0.5) is 14.6 Å². The summed E-state index contributed by atoms with van der Waals surface area (Å²) in [7, 11) is 1.38. The summed E-state index contributed by atoms with van der Waals surface area (Å²) in [6, 6.07) is 9.78. The molecule has 7 rings (SSSR count). The average molecular weight is 591 g/mol. The van der Waals surface area contributed by atoms with Crippen molar-refractivity contribution in [1.82, 2.24) is 33.3 Å². The summed E-state index contributed by atoms with van der Waals surface area (Å²) in [5.74, 6) is -0.657. The van der Waals surface area contributed by atoms with Crippen LogP contribution >= 0.6 is 11.6 Å². The van der Waals surface area contributed by atoms with Gasteiger partial charge in [0, 0.05) is 43.8 Å². The Morgan fingerprint density at radius 1 is 1.07 bits per heavy atom. The molecule has 0 saturated carbocycles. The number of methoxy groups -OCH3 is 1. The van der Waals surface area contributed by atoms with E-state index in [1.807, 2.05) is 21.8 Å². The van der Waals surface area contributed by atoms with Crippen molar-refractivity contribution in [2.45, 2.75) is 12.5 Å². The molecule has 42 heavy (non-hydrogen) atoms. The average Bonchev–Trinajstić information content (AvgIpc) is 3.76. The minimum absolute atomic E-state index is 0.00109. The summed E-state index contributed by atoms with van der Waals surface area (Å²) in [6.45, 7) is 1.24. The molecular formula is C28H21ClF2N8O3. The van der Waals surface area contributed by atoms with Gasteiger partial charge in [0.2, 0.25) is 5.88 Å². The Morgan fingerprint density at radius 2 is 1.93 bits per heavy atom. The monoisotopic (exact) mass is 590 g/mol. The van der Waals surface area contributed by atoms with Crippen LogP contribution in [0.5, 0.6) is 5.88 Å². The maximum Gasteiger partial charge on any atom is 0.342 e. The molecule has 1 aliphatic heterocycles. The molecule has 1 aromatic carbocycles. The number of hydrogen-bond acceptors (Lipinski definition) is 7. The normalized spacial score (nSPS) is 15.2. The smallest absolute Gasteiger partial charge is 0.342 e. The highest BCUT2D eigenvalue weighted by atomic mass is 35.5. The van der Waals surface area contributed by atoms with E-state index in [1.54, 1.807) is 12.3 Å². The Hall–Kier alpha value is -5.04. The van der Waals surface area contributed by atoms with E-state index in [4.69, 9.17) is 16.3 Å². The molecular weight excluding hydrogens is 570 g/mol. The van der Waals surface area contributed by atoms with Gasteiger partial charge in [0.25, 0.3) is 5.56 Å². The third-order valence-electron chi connectivity index (χ3n) is 7.42. The van der Waals surface area contributed by atoms with Crippen LogP contribution < -0.4 is 20.9 Å². The molecule has 0 N–H and O–H groups in total. The predicted octanol–water partition coefficient (Wildman–Crippen LogP) is 3.77. The lowest BCUT2D eigenvalue weighted by Gasteiger charge is -2.21. The molecule has 0 aliphatic carbocycles. The van der Waals surface area contributed by atoms with Crippen molar-refractivity contribution >= 4 is 34.0 Å². The second-order valence-corrected chi connectivity index (χ2v) is 10.2. The number of benzene rings is 1. The quantitative estimate of drug-likeness (QED) is 0.301. The van der Waals surface area contributed by atoms with Gasteiger partial charge in [-0.15, -0.1) is 0 Å². The number of nitrogens with zero attached hydrogens (tertiary/aromatic N) is 8. The van der Waals surface area contributed by atoms with Crippen molar-refractivity contribution in [1.29, 1.82) is 0 Å². The highest BCUT2D eigenvalue weighted by Crippen LogP contribution is 2.32. The van der Waals surface area contributed by atoms with Gasteiger partial charge in [0.1, 0.15) is 34.3 Å². The third kappa shape index (κ3) is 4.04. The minimum atomic E-state index is -0.781. The summed E-state index contributed by atoms with van der Waals surface area (Å²) in [4.78, 5) is 39.2. The lowest BCUT2D eigenvalue weighted by atomic mass is 10.2. The van der Waals surface area contributed by atoms with Crippen molar-refractivity contribution in [2.24, 2.45) is 0 Å². The zero-order valence-electron chi connectivity index (χ0n) is 22.0. The fourth-order valence-corrected chi connectivity index (χ4v) is 5.61. The first-order valence-electron chi connectivity index (χ1n) is 12.9. The first kappa shape index (κ1) is 25.9. The van der Waals surface area contributed by atoms with Crippen LogP contribution in [0, 0.1) is 11.6 Å². The minimum Gasteiger partial charge on any atom is -0.480 e. The van der Waals surface area contributed by atoms with Crippen LogP contribution in [0.1, 0.15) is 12.5 Å². The summed E-state index contributed by atoms with van der Waals surface area (Å²) in [6.07, 6.45) is 7.08. The molecule has 0 amide bonds. The molecule has 0 bridgehead atoms. The second-order valence-electron chi connectivity index (χ2n) is 9.80. The van der Waals surface area contributed by atoms with E-state index in [9.17, 15) is 18.4 Å². The van der Waals surface area contributed by atoms with E-state index >= 15 is 0 Å². The van der Waals surface area contributed by atoms with Gasteiger partial charge in [0.15, 0.2) is 0 Å². The standard InChI is InChI=1S/C28H21ClF2N8O3/c1-42-26-25-21(13-23(34-26)35-9-6-18(15-35)37-8-2-7-33-37)38(17-3-4-20(31)19(29)12-17)28(41)39(27(25)40)24-14-32-22-11-16(30)5-10-36(22)24/h2-5,7-8,10-14,18H,6,9,15H2,1H3. The molecule has 1 saturated heterocycles. The lowest BCUT2D eigenvalue weighted by molar-refractivity contribution is 0.402. The number of anilines is 1. The first-order chi connectivity index (χ1) is 20.3. The molecule has 6 aromatic rings. The maximum absolute atomic E-state index is 14.2. The van der Waals surface area contributed by atoms with Crippen LogP contribution in [0.15, 0.2) is 76.8 Å². The Bertz CT molecular complexity index is 2120. The zero-order chi connectivity index (χ0) is 29.1. The van der Waals surface area contributed by atoms with Crippen LogP contribution in [-0.2, 0) is 0 Å². The molecule has 14 heteroatoms. The van der Waals surface area contributed by atoms with E-state index in [0.717, 1.165) is 17.1 Å². The number of hydrogen-bond donors (Lipinski definition) is 0. The van der Waals surface area contributed by atoms with Crippen LogP contribution in [-0.4, -0.2) is 53.5 Å². The lowest BCUT2D eigenvalue weighted by Crippen LogP contribution is -2.39. The summed E-state index contributed by atoms with van der Waals surface area (Å²) >= 11 is 6.13. The molecule has 5 aromatic heterocycles. The van der Waals surface area contributed by atoms with Gasteiger partial charge in [0.05, 0.1) is 35.6 Å². The predicted molar refractivity (Wildman–Crippen MR) is 151 cm³/mol. The van der Waals surface area contributed by atoms with Gasteiger partial charge in [-0.2, -0.15) is 10.1 Å². The number of ether oxygens (including phenoxy) is 1. The van der Waals surface area contributed by atoms with Crippen LogP contribution in [0.25, 0.3) is 28.1 Å². The summed E-state index contributed by atoms with van der Waals surface area (Å²) < 4.78 is 39.1. The van der Waals surface area contributed by atoms with E-state index in [-0.39, 0.29) is 45.0 Å². The Morgan fingerprint density at radius 3 is 2.69 bits per heavy atom. The van der Waals surface area contributed by atoms with Crippen molar-refractivity contribution < 1.29 is 13.5 Å². The maximum atomic E-state index is 14.2. The zero-order valence-corrected chi connectivity index (χ0v) is 22.7. The second kappa shape index (κ2) is 9.80. The first-order valence-corrected chi connectivity index (χ1v) is 13.3. The number of pyridine rings is 2. The van der Waals surface area contributed by atoms with Crippen molar-refractivity contribution in [3.8, 4) is 17.4 Å². The van der Waals surface area contributed by atoms with E-state index < -0.39 is 22.9 Å². The topological polar surface area (TPSA) is 104 Å². The van der Waals surface area contributed by atoms with Crippen molar-refractivity contribution in [3.05, 3.63) is 105 Å². The number of fused-ring (bicyclic) bond motifs is 2. The fraction of sp³-hybridized carbons (Fsp3) is 0.179. The molecule has 0 radical (unpaired) electrons. The molecule has 1 fully saturated rings. The van der Waals surface area contributed by atoms with Crippen LogP contribution in [0.2, 0.25) is 5.02 Å². The molecule has 1 unspecified atom stereocenters. The summed E-state index contributed by atoms with van der Waals surface area (Å²) in [5, 5.41) is 4.14. The number of aromatic nitrogens is 7. The molecule has 1 atom stereocenters. The van der Waals surface area contributed by atoms with Gasteiger partial charge in [-0.25, -0.2) is 23.1 Å². The Balaban J connectivity index is 1.51. The fourth-order valence-electron chi connectivity index (χ4n) is 5.43. The number of halogens is 3. The highest BCUT2D eigenvalue weighted by molar-refractivity contribution is 6.30. The Kier molecular flexibility index (Phi) is 6.04. The Labute approximate surface area is 240 Å². The summed E-state index contributed by atoms with van der Waals surface area (Å²) in [5.41, 5.74) is -0.920. The van der Waals surface area contributed by atoms with Crippen molar-refractivity contribution in [3.63, 3.8) is 0 Å². The molecule has 0 spiro atoms. The van der Waals surface area contributed by atoms with Gasteiger partial charge in [-0.3, -0.25) is 18.4 Å². The van der Waals surface area contributed by atoms with Gasteiger partial charge < -0.3 is 9.64 Å². The van der Waals surface area contributed by atoms with Crippen LogP contribution in [0.3, 0.4) is 0 Å². The molecule has 6 heterocycles. The van der Waals surface area contributed by atoms with Crippen molar-refractivity contribution in [2.75, 3.05) is 25.1 Å². The van der Waals surface area contributed by atoms with Gasteiger partial charge >= 0.3 is 5.69 Å². The van der Waals surface area contributed by atoms with Gasteiger partial charge in [-0.05, 0) is 36.8 Å². The van der Waals surface area contributed by atoms with Gasteiger partial charge in [-0.1, -0.05) is 11.6 Å². The molecule has 212 valence electrons. The molecule has 1 aliphatic rings. The third-order valence-corrected chi connectivity index (χ3v) is 7.71.